The molecule has 2 N–H and O–H groups in total. The molecule has 194 valence electrons. The molecule has 38 heavy (non-hydrogen) atoms. The highest BCUT2D eigenvalue weighted by atomic mass is 19.1. The van der Waals surface area contributed by atoms with Crippen LogP contribution in [0.5, 0.6) is 0 Å². The van der Waals surface area contributed by atoms with Crippen LogP contribution < -0.4 is 10.6 Å². The van der Waals surface area contributed by atoms with Gasteiger partial charge in [0.05, 0.1) is 6.54 Å². The van der Waals surface area contributed by atoms with Crippen LogP contribution in [0.1, 0.15) is 65.5 Å². The van der Waals surface area contributed by atoms with E-state index in [1.807, 2.05) is 37.3 Å². The zero-order valence-electron chi connectivity index (χ0n) is 21.5. The molecule has 0 saturated heterocycles. The fourth-order valence-electron chi connectivity index (χ4n) is 6.10. The molecule has 2 aliphatic carbocycles. The topological polar surface area (TPSA) is 109 Å². The van der Waals surface area contributed by atoms with Gasteiger partial charge in [0, 0.05) is 22.9 Å². The summed E-state index contributed by atoms with van der Waals surface area (Å²) >= 11 is 0. The number of benzene rings is 2. The average molecular weight is 514 g/mol. The molecule has 1 spiro atoms. The van der Waals surface area contributed by atoms with Crippen molar-refractivity contribution in [2.75, 3.05) is 11.9 Å². The zero-order chi connectivity index (χ0) is 26.6. The molecule has 1 unspecified atom stereocenters. The van der Waals surface area contributed by atoms with Crippen molar-refractivity contribution in [2.24, 2.45) is 10.4 Å². The Hall–Kier alpha value is -4.14. The number of carbonyl (C=O) groups is 2. The third-order valence-corrected chi connectivity index (χ3v) is 8.10. The van der Waals surface area contributed by atoms with Crippen LogP contribution in [0.15, 0.2) is 57.7 Å². The van der Waals surface area contributed by atoms with Gasteiger partial charge in [0.1, 0.15) is 17.6 Å². The van der Waals surface area contributed by atoms with Gasteiger partial charge in [0.25, 0.3) is 5.91 Å². The Morgan fingerprint density at radius 1 is 1.08 bits per heavy atom. The molecular weight excluding hydrogens is 485 g/mol. The molecule has 2 aromatic carbocycles. The third kappa shape index (κ3) is 4.02. The normalized spacial score (nSPS) is 19.8. The van der Waals surface area contributed by atoms with Crippen molar-refractivity contribution in [1.82, 2.24) is 15.6 Å². The highest BCUT2D eigenvalue weighted by molar-refractivity contribution is 6.25. The van der Waals surface area contributed by atoms with Crippen molar-refractivity contribution in [3.05, 3.63) is 81.9 Å². The molecule has 0 bridgehead atoms. The maximum atomic E-state index is 15.2. The first-order valence-corrected chi connectivity index (χ1v) is 12.8. The lowest BCUT2D eigenvalue weighted by atomic mass is 9.82. The van der Waals surface area contributed by atoms with E-state index in [-0.39, 0.29) is 16.9 Å². The minimum Gasteiger partial charge on any atom is -0.338 e. The lowest BCUT2D eigenvalue weighted by Gasteiger charge is -2.29. The number of aliphatic imine (C=N–C) groups is 1. The number of carbonyl (C=O) groups excluding carboxylic acids is 2. The summed E-state index contributed by atoms with van der Waals surface area (Å²) in [5.74, 6) is -1.86. The molecule has 2 amide bonds. The van der Waals surface area contributed by atoms with Crippen molar-refractivity contribution in [2.45, 2.75) is 52.0 Å². The SMILES string of the molecule is CC1=NCC(C)=C1c1ccc(NC(=O)[C@@H](NC(=O)c2nonc2C)C2c3c(F)cccc3CC23CC3)cc1. The predicted octanol–water partition coefficient (Wildman–Crippen LogP) is 4.62. The largest absolute Gasteiger partial charge is 0.338 e. The van der Waals surface area contributed by atoms with Crippen molar-refractivity contribution < 1.29 is 18.6 Å². The molecule has 1 aliphatic heterocycles. The van der Waals surface area contributed by atoms with Crippen molar-refractivity contribution in [3.8, 4) is 0 Å². The standard InChI is InChI=1S/C29H28FN5O3/c1-15-14-31-16(2)22(15)18-7-9-20(10-8-18)32-28(37)26(33-27(36)25-17(3)34-38-35-25)24-23-19(5-4-6-21(23)30)13-29(24)11-12-29/h4-10,24,26H,11-14H2,1-3H3,(H,32,37)(H,33,36)/t24?,26-/m0/s1. The van der Waals surface area contributed by atoms with Gasteiger partial charge in [-0.2, -0.15) is 0 Å². The van der Waals surface area contributed by atoms with Crippen molar-refractivity contribution in [3.63, 3.8) is 0 Å². The van der Waals surface area contributed by atoms with Crippen LogP contribution in [-0.2, 0) is 11.2 Å². The molecule has 3 aliphatic rings. The maximum absolute atomic E-state index is 15.2. The van der Waals surface area contributed by atoms with Gasteiger partial charge < -0.3 is 10.6 Å². The van der Waals surface area contributed by atoms with E-state index in [0.29, 0.717) is 29.9 Å². The monoisotopic (exact) mass is 513 g/mol. The molecule has 8 nitrogen and oxygen atoms in total. The second-order valence-corrected chi connectivity index (χ2v) is 10.6. The lowest BCUT2D eigenvalue weighted by Crippen LogP contribution is -2.49. The van der Waals surface area contributed by atoms with Crippen LogP contribution >= 0.6 is 0 Å². The number of nitrogens with one attached hydrogen (secondary N) is 2. The molecule has 3 aromatic rings. The summed E-state index contributed by atoms with van der Waals surface area (Å²) in [7, 11) is 0. The predicted molar refractivity (Wildman–Crippen MR) is 140 cm³/mol. The summed E-state index contributed by atoms with van der Waals surface area (Å²) in [6.07, 6.45) is 2.40. The highest BCUT2D eigenvalue weighted by Crippen LogP contribution is 2.64. The van der Waals surface area contributed by atoms with E-state index in [1.54, 1.807) is 13.0 Å². The third-order valence-electron chi connectivity index (χ3n) is 8.10. The highest BCUT2D eigenvalue weighted by Gasteiger charge is 2.59. The van der Waals surface area contributed by atoms with E-state index in [2.05, 4.69) is 32.9 Å². The van der Waals surface area contributed by atoms with Crippen molar-refractivity contribution in [1.29, 1.82) is 0 Å². The Kier molecular flexibility index (Phi) is 5.74. The number of anilines is 1. The molecule has 2 atom stereocenters. The van der Waals surface area contributed by atoms with E-state index in [4.69, 9.17) is 4.63 Å². The number of allylic oxidation sites excluding steroid dienone is 1. The van der Waals surface area contributed by atoms with Gasteiger partial charge in [-0.05, 0) is 91.1 Å². The molecule has 1 fully saturated rings. The van der Waals surface area contributed by atoms with Crippen LogP contribution in [0.3, 0.4) is 0 Å². The minimum absolute atomic E-state index is 0.000922. The number of hydrogen-bond donors (Lipinski definition) is 2. The van der Waals surface area contributed by atoms with E-state index >= 15 is 4.39 Å². The van der Waals surface area contributed by atoms with E-state index in [9.17, 15) is 9.59 Å². The first-order chi connectivity index (χ1) is 18.3. The quantitative estimate of drug-likeness (QED) is 0.500. The summed E-state index contributed by atoms with van der Waals surface area (Å²) in [4.78, 5) is 31.5. The van der Waals surface area contributed by atoms with Crippen LogP contribution in [-0.4, -0.2) is 40.4 Å². The molecular formula is C29H28FN5O3. The minimum atomic E-state index is -1.02. The summed E-state index contributed by atoms with van der Waals surface area (Å²) in [6, 6.07) is 11.6. The Morgan fingerprint density at radius 2 is 1.84 bits per heavy atom. The number of amides is 2. The van der Waals surface area contributed by atoms with Gasteiger partial charge in [-0.25, -0.2) is 9.02 Å². The molecule has 2 heterocycles. The van der Waals surface area contributed by atoms with Gasteiger partial charge in [-0.15, -0.1) is 0 Å². The van der Waals surface area contributed by atoms with Crippen LogP contribution in [0.25, 0.3) is 5.57 Å². The van der Waals surface area contributed by atoms with E-state index < -0.39 is 23.8 Å². The number of fused-ring (bicyclic) bond motifs is 1. The van der Waals surface area contributed by atoms with Crippen LogP contribution in [0, 0.1) is 18.2 Å². The van der Waals surface area contributed by atoms with Crippen molar-refractivity contribution >= 4 is 28.8 Å². The maximum Gasteiger partial charge on any atom is 0.276 e. The Labute approximate surface area is 219 Å². The first-order valence-electron chi connectivity index (χ1n) is 12.8. The number of aryl methyl sites for hydroxylation is 1. The second-order valence-electron chi connectivity index (χ2n) is 10.6. The summed E-state index contributed by atoms with van der Waals surface area (Å²) in [6.45, 7) is 6.36. The number of aromatic nitrogens is 2. The average Bonchev–Trinajstić information content (AvgIpc) is 3.20. The van der Waals surface area contributed by atoms with Crippen LogP contribution in [0.4, 0.5) is 10.1 Å². The number of hydrogen-bond acceptors (Lipinski definition) is 6. The fraction of sp³-hybridized carbons (Fsp3) is 0.345. The summed E-state index contributed by atoms with van der Waals surface area (Å²) in [5.41, 5.74) is 6.39. The van der Waals surface area contributed by atoms with Gasteiger partial charge in [-0.3, -0.25) is 14.6 Å². The molecule has 1 aromatic heterocycles. The van der Waals surface area contributed by atoms with E-state index in [1.165, 1.54) is 11.6 Å². The van der Waals surface area contributed by atoms with Gasteiger partial charge in [0.15, 0.2) is 5.69 Å². The fourth-order valence-corrected chi connectivity index (χ4v) is 6.10. The molecule has 1 saturated carbocycles. The van der Waals surface area contributed by atoms with Gasteiger partial charge in [-0.1, -0.05) is 29.4 Å². The Morgan fingerprint density at radius 3 is 2.47 bits per heavy atom. The van der Waals surface area contributed by atoms with E-state index in [0.717, 1.165) is 35.3 Å². The van der Waals surface area contributed by atoms with Gasteiger partial charge >= 0.3 is 0 Å². The first kappa shape index (κ1) is 24.2. The zero-order valence-corrected chi connectivity index (χ0v) is 21.5. The number of nitrogens with zero attached hydrogens (tertiary/aromatic N) is 3. The summed E-state index contributed by atoms with van der Waals surface area (Å²) < 4.78 is 19.9. The second kappa shape index (κ2) is 9.01. The lowest BCUT2D eigenvalue weighted by molar-refractivity contribution is -0.118. The number of halogens is 1. The van der Waals surface area contributed by atoms with Gasteiger partial charge in [0.2, 0.25) is 5.91 Å². The number of rotatable bonds is 6. The Bertz CT molecular complexity index is 1520. The molecule has 6 rings (SSSR count). The smallest absolute Gasteiger partial charge is 0.276 e. The van der Waals surface area contributed by atoms with Crippen LogP contribution in [0.2, 0.25) is 0 Å². The Balaban J connectivity index is 1.32. The molecule has 9 heteroatoms. The summed E-state index contributed by atoms with van der Waals surface area (Å²) in [5, 5.41) is 13.2. The molecule has 0 radical (unpaired) electrons.